The Kier molecular flexibility index (Phi) is 6.33. The Hall–Kier alpha value is 0.490. The predicted octanol–water partition coefficient (Wildman–Crippen LogP) is 1.14. The van der Waals surface area contributed by atoms with Crippen molar-refractivity contribution in [3.63, 3.8) is 0 Å². The fraction of sp³-hybridized carbons (Fsp3) is 0.833. The first-order valence-electron chi connectivity index (χ1n) is 3.46. The summed E-state index contributed by atoms with van der Waals surface area (Å²) in [4.78, 5) is 0. The first-order chi connectivity index (χ1) is 4.83. The van der Waals surface area contributed by atoms with Crippen molar-refractivity contribution in [2.24, 2.45) is 5.73 Å². The minimum absolute atomic E-state index is 0. The lowest BCUT2D eigenvalue weighted by Crippen LogP contribution is -2.21. The fourth-order valence-corrected chi connectivity index (χ4v) is 1.56. The summed E-state index contributed by atoms with van der Waals surface area (Å²) < 4.78 is 0.910. The third-order valence-electron chi connectivity index (χ3n) is 1.25. The highest BCUT2D eigenvalue weighted by atomic mass is 35.5. The maximum atomic E-state index is 5.32. The number of hydrogen-bond acceptors (Lipinski definition) is 3. The van der Waals surface area contributed by atoms with Gasteiger partial charge in [-0.3, -0.25) is 0 Å². The first kappa shape index (κ1) is 11.5. The van der Waals surface area contributed by atoms with Crippen molar-refractivity contribution in [2.75, 3.05) is 12.3 Å². The summed E-state index contributed by atoms with van der Waals surface area (Å²) in [6.45, 7) is 0.706. The molecule has 0 amide bonds. The zero-order valence-corrected chi connectivity index (χ0v) is 8.66. The van der Waals surface area contributed by atoms with E-state index in [9.17, 15) is 0 Å². The molecular formula is C6H13ClN2S2. The van der Waals surface area contributed by atoms with Crippen molar-refractivity contribution in [3.8, 4) is 0 Å². The van der Waals surface area contributed by atoms with E-state index in [0.29, 0.717) is 12.6 Å². The normalized spacial score (nSPS) is 15.4. The van der Waals surface area contributed by atoms with Crippen molar-refractivity contribution in [1.29, 1.82) is 0 Å². The van der Waals surface area contributed by atoms with Crippen LogP contribution in [0.15, 0.2) is 0 Å². The molecule has 0 atom stereocenters. The molecule has 0 bridgehead atoms. The lowest BCUT2D eigenvalue weighted by Gasteiger charge is -2.03. The Bertz CT molecular complexity index is 128. The highest BCUT2D eigenvalue weighted by Crippen LogP contribution is 2.20. The van der Waals surface area contributed by atoms with E-state index >= 15 is 0 Å². The number of halogens is 1. The van der Waals surface area contributed by atoms with E-state index in [4.69, 9.17) is 18.0 Å². The van der Waals surface area contributed by atoms with Crippen LogP contribution in [-0.4, -0.2) is 22.7 Å². The van der Waals surface area contributed by atoms with Crippen molar-refractivity contribution >= 4 is 40.7 Å². The van der Waals surface area contributed by atoms with Crippen LogP contribution in [0.3, 0.4) is 0 Å². The average Bonchev–Trinajstić information content (AvgIpc) is 2.67. The number of nitrogens with one attached hydrogen (secondary N) is 1. The molecule has 66 valence electrons. The maximum absolute atomic E-state index is 5.32. The van der Waals surface area contributed by atoms with Crippen LogP contribution in [0.4, 0.5) is 0 Å². The van der Waals surface area contributed by atoms with Gasteiger partial charge in [-0.25, -0.2) is 0 Å². The third-order valence-corrected chi connectivity index (χ3v) is 2.54. The second-order valence-electron chi connectivity index (χ2n) is 2.34. The van der Waals surface area contributed by atoms with E-state index in [1.54, 1.807) is 11.8 Å². The zero-order chi connectivity index (χ0) is 7.40. The quantitative estimate of drug-likeness (QED) is 0.689. The standard InChI is InChI=1S/C6H12N2S2.ClH/c7-3-4-10-6(9)8-5-1-2-5;/h5H,1-4,7H2,(H,8,9);1H. The largest absolute Gasteiger partial charge is 0.368 e. The van der Waals surface area contributed by atoms with Gasteiger partial charge < -0.3 is 11.1 Å². The van der Waals surface area contributed by atoms with Crippen LogP contribution in [0, 0.1) is 0 Å². The van der Waals surface area contributed by atoms with Crippen LogP contribution in [0.2, 0.25) is 0 Å². The SMILES string of the molecule is Cl.NCCSC(=S)NC1CC1. The van der Waals surface area contributed by atoms with Gasteiger partial charge in [-0.15, -0.1) is 12.4 Å². The Balaban J connectivity index is 0.000001000. The number of rotatable bonds is 3. The molecule has 2 nitrogen and oxygen atoms in total. The van der Waals surface area contributed by atoms with E-state index in [-0.39, 0.29) is 12.4 Å². The first-order valence-corrected chi connectivity index (χ1v) is 4.85. The van der Waals surface area contributed by atoms with Crippen LogP contribution in [0.1, 0.15) is 12.8 Å². The molecule has 0 radical (unpaired) electrons. The Labute approximate surface area is 83.1 Å². The van der Waals surface area contributed by atoms with Gasteiger partial charge in [0.1, 0.15) is 4.32 Å². The van der Waals surface area contributed by atoms with Crippen molar-refractivity contribution in [3.05, 3.63) is 0 Å². The number of thioether (sulfide) groups is 1. The van der Waals surface area contributed by atoms with Gasteiger partial charge in [-0.2, -0.15) is 0 Å². The van der Waals surface area contributed by atoms with Crippen molar-refractivity contribution in [1.82, 2.24) is 5.32 Å². The molecule has 0 aliphatic heterocycles. The predicted molar refractivity (Wildman–Crippen MR) is 57.5 cm³/mol. The maximum Gasteiger partial charge on any atom is 0.134 e. The Morgan fingerprint density at radius 2 is 2.27 bits per heavy atom. The molecule has 1 rings (SSSR count). The van der Waals surface area contributed by atoms with Gasteiger partial charge in [0.15, 0.2) is 0 Å². The summed E-state index contributed by atoms with van der Waals surface area (Å²) in [5.41, 5.74) is 5.32. The van der Waals surface area contributed by atoms with Crippen LogP contribution >= 0.6 is 36.4 Å². The van der Waals surface area contributed by atoms with Crippen LogP contribution < -0.4 is 11.1 Å². The molecule has 5 heteroatoms. The van der Waals surface area contributed by atoms with Crippen LogP contribution in [0.25, 0.3) is 0 Å². The lowest BCUT2D eigenvalue weighted by molar-refractivity contribution is 0.933. The summed E-state index contributed by atoms with van der Waals surface area (Å²) >= 11 is 6.67. The lowest BCUT2D eigenvalue weighted by atomic mass is 10.7. The number of hydrogen-bond donors (Lipinski definition) is 2. The second kappa shape index (κ2) is 6.06. The Morgan fingerprint density at radius 3 is 2.73 bits per heavy atom. The van der Waals surface area contributed by atoms with Crippen LogP contribution in [-0.2, 0) is 0 Å². The van der Waals surface area contributed by atoms with Crippen LogP contribution in [0.5, 0.6) is 0 Å². The van der Waals surface area contributed by atoms with E-state index in [0.717, 1.165) is 10.1 Å². The summed E-state index contributed by atoms with van der Waals surface area (Å²) in [6, 6.07) is 0.678. The molecule has 0 aromatic rings. The molecule has 1 aliphatic carbocycles. The molecule has 0 aromatic carbocycles. The van der Waals surface area contributed by atoms with Gasteiger partial charge in [-0.05, 0) is 12.8 Å². The summed E-state index contributed by atoms with van der Waals surface area (Å²) in [7, 11) is 0. The van der Waals surface area contributed by atoms with E-state index < -0.39 is 0 Å². The molecule has 1 fully saturated rings. The smallest absolute Gasteiger partial charge is 0.134 e. The van der Waals surface area contributed by atoms with Gasteiger partial charge in [-0.1, -0.05) is 24.0 Å². The second-order valence-corrected chi connectivity index (χ2v) is 4.12. The van der Waals surface area contributed by atoms with Crippen molar-refractivity contribution in [2.45, 2.75) is 18.9 Å². The average molecular weight is 213 g/mol. The topological polar surface area (TPSA) is 38.0 Å². The molecule has 0 aromatic heterocycles. The van der Waals surface area contributed by atoms with Gasteiger partial charge in [0, 0.05) is 18.3 Å². The molecule has 3 N–H and O–H groups in total. The summed E-state index contributed by atoms with van der Waals surface area (Å²) in [5, 5.41) is 3.23. The molecule has 0 heterocycles. The number of nitrogens with two attached hydrogens (primary N) is 1. The van der Waals surface area contributed by atoms with E-state index in [1.165, 1.54) is 12.8 Å². The van der Waals surface area contributed by atoms with Gasteiger partial charge in [0.2, 0.25) is 0 Å². The molecule has 11 heavy (non-hydrogen) atoms. The van der Waals surface area contributed by atoms with E-state index in [1.807, 2.05) is 0 Å². The van der Waals surface area contributed by atoms with Crippen molar-refractivity contribution < 1.29 is 0 Å². The summed E-state index contributed by atoms with van der Waals surface area (Å²) in [5.74, 6) is 0.929. The molecule has 1 aliphatic rings. The molecule has 0 spiro atoms. The minimum Gasteiger partial charge on any atom is -0.368 e. The minimum atomic E-state index is 0. The fourth-order valence-electron chi connectivity index (χ4n) is 0.588. The highest BCUT2D eigenvalue weighted by Gasteiger charge is 2.21. The monoisotopic (exact) mass is 212 g/mol. The molecular weight excluding hydrogens is 200 g/mol. The molecule has 0 saturated heterocycles. The van der Waals surface area contributed by atoms with Gasteiger partial charge in [0.05, 0.1) is 0 Å². The number of thiocarbonyl (C=S) groups is 1. The van der Waals surface area contributed by atoms with Gasteiger partial charge in [0.25, 0.3) is 0 Å². The summed E-state index contributed by atoms with van der Waals surface area (Å²) in [6.07, 6.45) is 2.56. The molecule has 0 unspecified atom stereocenters. The Morgan fingerprint density at radius 1 is 1.64 bits per heavy atom. The third kappa shape index (κ3) is 5.73. The highest BCUT2D eigenvalue weighted by molar-refractivity contribution is 8.22. The van der Waals surface area contributed by atoms with E-state index in [2.05, 4.69) is 5.32 Å². The molecule has 1 saturated carbocycles. The zero-order valence-electron chi connectivity index (χ0n) is 6.21. The van der Waals surface area contributed by atoms with Gasteiger partial charge >= 0.3 is 0 Å².